The fourth-order valence-corrected chi connectivity index (χ4v) is 2.20. The van der Waals surface area contributed by atoms with Crippen LogP contribution in [0.3, 0.4) is 0 Å². The number of aromatic nitrogens is 1. The number of aromatic amines is 1. The van der Waals surface area contributed by atoms with E-state index >= 15 is 0 Å². The minimum absolute atomic E-state index is 1.13. The van der Waals surface area contributed by atoms with E-state index in [2.05, 4.69) is 59.6 Å². The Balaban J connectivity index is 1.93. The zero-order chi connectivity index (χ0) is 11.5. The topological polar surface area (TPSA) is 15.8 Å². The highest BCUT2D eigenvalue weighted by Gasteiger charge is 2.06. The first-order valence-corrected chi connectivity index (χ1v) is 6.04. The van der Waals surface area contributed by atoms with Gasteiger partial charge in [0, 0.05) is 11.4 Å². The lowest BCUT2D eigenvalue weighted by Gasteiger charge is -2.06. The number of allylic oxidation sites excluding steroid dienone is 4. The van der Waals surface area contributed by atoms with Crippen LogP contribution in [-0.2, 0) is 0 Å². The third-order valence-electron chi connectivity index (χ3n) is 3.13. The highest BCUT2D eigenvalue weighted by molar-refractivity contribution is 5.70. The van der Waals surface area contributed by atoms with Crippen LogP contribution >= 0.6 is 0 Å². The lowest BCUT2D eigenvalue weighted by molar-refractivity contribution is 1.04. The van der Waals surface area contributed by atoms with Crippen LogP contribution in [0.25, 0.3) is 16.8 Å². The van der Waals surface area contributed by atoms with Crippen molar-refractivity contribution in [2.45, 2.75) is 12.8 Å². The lowest BCUT2D eigenvalue weighted by atomic mass is 10.0. The van der Waals surface area contributed by atoms with Gasteiger partial charge < -0.3 is 4.98 Å². The monoisotopic (exact) mass is 221 g/mol. The van der Waals surface area contributed by atoms with E-state index in [1.807, 2.05) is 6.07 Å². The van der Waals surface area contributed by atoms with Crippen molar-refractivity contribution in [3.8, 4) is 11.3 Å². The summed E-state index contributed by atoms with van der Waals surface area (Å²) in [6.07, 6.45) is 8.83. The molecule has 1 N–H and O–H groups in total. The van der Waals surface area contributed by atoms with Crippen molar-refractivity contribution in [3.05, 3.63) is 66.4 Å². The van der Waals surface area contributed by atoms with Gasteiger partial charge in [0.1, 0.15) is 0 Å². The molecule has 1 aliphatic carbocycles. The van der Waals surface area contributed by atoms with Gasteiger partial charge >= 0.3 is 0 Å². The number of nitrogens with one attached hydrogen (secondary N) is 1. The molecule has 0 saturated carbocycles. The van der Waals surface area contributed by atoms with Crippen LogP contribution in [0.5, 0.6) is 0 Å². The zero-order valence-corrected chi connectivity index (χ0v) is 9.69. The molecule has 84 valence electrons. The van der Waals surface area contributed by atoms with Gasteiger partial charge in [-0.25, -0.2) is 0 Å². The highest BCUT2D eigenvalue weighted by Crippen LogP contribution is 2.26. The molecule has 1 heteroatoms. The molecule has 0 aliphatic heterocycles. The predicted molar refractivity (Wildman–Crippen MR) is 72.6 cm³/mol. The second-order valence-corrected chi connectivity index (χ2v) is 4.31. The second kappa shape index (κ2) is 4.46. The van der Waals surface area contributed by atoms with Crippen LogP contribution < -0.4 is 0 Å². The van der Waals surface area contributed by atoms with Gasteiger partial charge in [0.2, 0.25) is 0 Å². The van der Waals surface area contributed by atoms with Crippen LogP contribution in [0.15, 0.2) is 60.7 Å². The van der Waals surface area contributed by atoms with Gasteiger partial charge in [-0.05, 0) is 36.1 Å². The number of rotatable bonds is 2. The van der Waals surface area contributed by atoms with E-state index in [1.165, 1.54) is 22.5 Å². The molecule has 1 heterocycles. The first kappa shape index (κ1) is 10.2. The Morgan fingerprint density at radius 2 is 1.71 bits per heavy atom. The summed E-state index contributed by atoms with van der Waals surface area (Å²) in [5.41, 5.74) is 5.07. The number of hydrogen-bond acceptors (Lipinski definition) is 0. The summed E-state index contributed by atoms with van der Waals surface area (Å²) >= 11 is 0. The smallest absolute Gasteiger partial charge is 0.0458 e. The van der Waals surface area contributed by atoms with Gasteiger partial charge in [-0.2, -0.15) is 0 Å². The summed E-state index contributed by atoms with van der Waals surface area (Å²) in [5.74, 6) is 0. The van der Waals surface area contributed by atoms with E-state index in [0.29, 0.717) is 0 Å². The van der Waals surface area contributed by atoms with Crippen LogP contribution in [0.4, 0.5) is 0 Å². The summed E-state index contributed by atoms with van der Waals surface area (Å²) in [4.78, 5) is 3.50. The largest absolute Gasteiger partial charge is 0.355 e. The molecule has 3 rings (SSSR count). The summed E-state index contributed by atoms with van der Waals surface area (Å²) in [6.45, 7) is 0. The Hall–Kier alpha value is -2.02. The summed E-state index contributed by atoms with van der Waals surface area (Å²) < 4.78 is 0. The van der Waals surface area contributed by atoms with Crippen molar-refractivity contribution >= 4 is 5.57 Å². The molecule has 0 unspecified atom stereocenters. The molecule has 1 aromatic carbocycles. The van der Waals surface area contributed by atoms with Crippen molar-refractivity contribution in [3.63, 3.8) is 0 Å². The van der Waals surface area contributed by atoms with Crippen LogP contribution in [0.1, 0.15) is 18.5 Å². The van der Waals surface area contributed by atoms with Gasteiger partial charge in [0.15, 0.2) is 0 Å². The summed E-state index contributed by atoms with van der Waals surface area (Å²) in [7, 11) is 0. The van der Waals surface area contributed by atoms with Crippen molar-refractivity contribution in [2.24, 2.45) is 0 Å². The molecule has 1 nitrogen and oxygen atoms in total. The minimum atomic E-state index is 1.13. The SMILES string of the molecule is C1=CCCC(c2ccc(-c3ccccc3)[nH]2)=C1. The maximum atomic E-state index is 3.50. The molecule has 1 aromatic heterocycles. The molecular formula is C16H15N. The normalized spacial score (nSPS) is 14.7. The summed E-state index contributed by atoms with van der Waals surface area (Å²) in [5, 5.41) is 0. The Morgan fingerprint density at radius 1 is 0.882 bits per heavy atom. The Kier molecular flexibility index (Phi) is 2.66. The average molecular weight is 221 g/mol. The van der Waals surface area contributed by atoms with Crippen molar-refractivity contribution in [1.29, 1.82) is 0 Å². The molecule has 1 aliphatic rings. The van der Waals surface area contributed by atoms with Crippen LogP contribution in [-0.4, -0.2) is 4.98 Å². The van der Waals surface area contributed by atoms with Crippen molar-refractivity contribution in [1.82, 2.24) is 4.98 Å². The molecular weight excluding hydrogens is 206 g/mol. The summed E-state index contributed by atoms with van der Waals surface area (Å²) in [6, 6.07) is 14.8. The van der Waals surface area contributed by atoms with Crippen molar-refractivity contribution in [2.75, 3.05) is 0 Å². The molecule has 17 heavy (non-hydrogen) atoms. The molecule has 0 saturated heterocycles. The maximum absolute atomic E-state index is 3.50. The Bertz CT molecular complexity index is 558. The third-order valence-corrected chi connectivity index (χ3v) is 3.13. The van der Waals surface area contributed by atoms with E-state index in [4.69, 9.17) is 0 Å². The van der Waals surface area contributed by atoms with Gasteiger partial charge in [0.25, 0.3) is 0 Å². The van der Waals surface area contributed by atoms with Gasteiger partial charge in [-0.1, -0.05) is 48.6 Å². The third kappa shape index (κ3) is 2.09. The first-order valence-electron chi connectivity index (χ1n) is 6.04. The maximum Gasteiger partial charge on any atom is 0.0458 e. The standard InChI is InChI=1S/C16H15N/c1-3-7-13(8-4-1)15-11-12-16(17-15)14-9-5-2-6-10-14/h1-5,7-9,11-12,17H,6,10H2. The van der Waals surface area contributed by atoms with E-state index in [9.17, 15) is 0 Å². The lowest BCUT2D eigenvalue weighted by Crippen LogP contribution is -1.88. The van der Waals surface area contributed by atoms with E-state index in [0.717, 1.165) is 12.8 Å². The molecule has 2 aromatic rings. The molecule has 0 spiro atoms. The fraction of sp³-hybridized carbons (Fsp3) is 0.125. The zero-order valence-electron chi connectivity index (χ0n) is 9.69. The first-order chi connectivity index (χ1) is 8.43. The van der Waals surface area contributed by atoms with Crippen LogP contribution in [0.2, 0.25) is 0 Å². The highest BCUT2D eigenvalue weighted by atomic mass is 14.7. The Morgan fingerprint density at radius 3 is 2.47 bits per heavy atom. The molecule has 0 radical (unpaired) electrons. The number of H-pyrrole nitrogens is 1. The van der Waals surface area contributed by atoms with E-state index in [-0.39, 0.29) is 0 Å². The van der Waals surface area contributed by atoms with Crippen molar-refractivity contribution < 1.29 is 0 Å². The fourth-order valence-electron chi connectivity index (χ4n) is 2.20. The molecule has 0 bridgehead atoms. The van der Waals surface area contributed by atoms with E-state index in [1.54, 1.807) is 0 Å². The Labute approximate surface area is 102 Å². The second-order valence-electron chi connectivity index (χ2n) is 4.31. The quantitative estimate of drug-likeness (QED) is 0.772. The average Bonchev–Trinajstić information content (AvgIpc) is 2.90. The van der Waals surface area contributed by atoms with Gasteiger partial charge in [0.05, 0.1) is 0 Å². The number of benzene rings is 1. The molecule has 0 atom stereocenters. The number of hydrogen-bond donors (Lipinski definition) is 1. The van der Waals surface area contributed by atoms with E-state index < -0.39 is 0 Å². The molecule has 0 amide bonds. The minimum Gasteiger partial charge on any atom is -0.355 e. The van der Waals surface area contributed by atoms with Gasteiger partial charge in [-0.15, -0.1) is 0 Å². The van der Waals surface area contributed by atoms with Gasteiger partial charge in [-0.3, -0.25) is 0 Å². The molecule has 0 fully saturated rings. The van der Waals surface area contributed by atoms with Crippen LogP contribution in [0, 0.1) is 0 Å². The predicted octanol–water partition coefficient (Wildman–Crippen LogP) is 4.42.